The van der Waals surface area contributed by atoms with E-state index >= 15 is 0 Å². The number of carbonyl (C=O) groups is 2. The van der Waals surface area contributed by atoms with Gasteiger partial charge in [-0.3, -0.25) is 14.5 Å². The van der Waals surface area contributed by atoms with E-state index in [1.54, 1.807) is 43.3 Å². The maximum absolute atomic E-state index is 14.0. The molecule has 4 rings (SSSR count). The van der Waals surface area contributed by atoms with Crippen LogP contribution in [-0.2, 0) is 16.1 Å². The molecule has 0 bridgehead atoms. The number of fused-ring (bicyclic) bond motifs is 1. The van der Waals surface area contributed by atoms with Crippen molar-refractivity contribution in [3.63, 3.8) is 0 Å². The van der Waals surface area contributed by atoms with Crippen molar-refractivity contribution in [2.45, 2.75) is 59.2 Å². The molecule has 2 amide bonds. The average molecular weight is 504 g/mol. The molecule has 1 unspecified atom stereocenters. The van der Waals surface area contributed by atoms with Crippen molar-refractivity contribution in [2.75, 3.05) is 11.5 Å². The zero-order chi connectivity index (χ0) is 26.6. The number of furan rings is 1. The van der Waals surface area contributed by atoms with Crippen LogP contribution in [-0.4, -0.2) is 39.0 Å². The van der Waals surface area contributed by atoms with E-state index < -0.39 is 11.6 Å². The predicted molar refractivity (Wildman–Crippen MR) is 141 cm³/mol. The molecular weight excluding hydrogens is 470 g/mol. The molecule has 37 heavy (non-hydrogen) atoms. The summed E-state index contributed by atoms with van der Waals surface area (Å²) in [6.07, 6.45) is 0.713. The molecule has 2 aromatic carbocycles. The van der Waals surface area contributed by atoms with Crippen molar-refractivity contribution in [1.82, 2.24) is 20.3 Å². The molecule has 0 aliphatic carbocycles. The maximum Gasteiger partial charge on any atom is 0.251 e. The highest BCUT2D eigenvalue weighted by Gasteiger charge is 2.37. The minimum atomic E-state index is -1.04. The van der Waals surface area contributed by atoms with E-state index in [4.69, 9.17) is 9.15 Å². The van der Waals surface area contributed by atoms with Crippen LogP contribution in [0.2, 0.25) is 0 Å². The fourth-order valence-electron chi connectivity index (χ4n) is 4.01. The Kier molecular flexibility index (Phi) is 7.61. The second kappa shape index (κ2) is 10.9. The van der Waals surface area contributed by atoms with Gasteiger partial charge in [0.15, 0.2) is 6.04 Å². The first kappa shape index (κ1) is 25.9. The summed E-state index contributed by atoms with van der Waals surface area (Å²) in [4.78, 5) is 29.3. The quantitative estimate of drug-likeness (QED) is 0.333. The predicted octanol–water partition coefficient (Wildman–Crippen LogP) is 4.81. The first-order valence-corrected chi connectivity index (χ1v) is 12.4. The minimum absolute atomic E-state index is 0.117. The SMILES string of the molecule is CCOc1ccc(N(C(=O)Cn2nnc3ccccc32)C(C(=O)NC(C)(C)CC)c2ccc(C)o2)cc1. The molecule has 0 spiro atoms. The summed E-state index contributed by atoms with van der Waals surface area (Å²) < 4.78 is 13.0. The van der Waals surface area contributed by atoms with Gasteiger partial charge in [0, 0.05) is 11.2 Å². The third-order valence-corrected chi connectivity index (χ3v) is 6.28. The molecule has 0 saturated carbocycles. The molecule has 0 aliphatic rings. The average Bonchev–Trinajstić information content (AvgIpc) is 3.49. The summed E-state index contributed by atoms with van der Waals surface area (Å²) in [6.45, 7) is 10.00. The maximum atomic E-state index is 14.0. The standard InChI is InChI=1S/C28H33N5O4/c1-6-28(4,5)29-27(35)26(24-17-12-19(3)37-24)33(20-13-15-21(16-14-20)36-7-2)25(34)18-32-23-11-9-8-10-22(23)30-31-32/h8-17,26H,6-7,18H2,1-5H3,(H,29,35). The van der Waals surface area contributed by atoms with Gasteiger partial charge in [-0.25, -0.2) is 4.68 Å². The minimum Gasteiger partial charge on any atom is -0.494 e. The van der Waals surface area contributed by atoms with Crippen molar-refractivity contribution in [3.05, 3.63) is 72.2 Å². The van der Waals surface area contributed by atoms with E-state index in [2.05, 4.69) is 15.6 Å². The van der Waals surface area contributed by atoms with E-state index in [0.717, 1.165) is 5.52 Å². The number of amides is 2. The molecule has 0 radical (unpaired) electrons. The third kappa shape index (κ3) is 5.82. The van der Waals surface area contributed by atoms with Crippen molar-refractivity contribution in [3.8, 4) is 5.75 Å². The molecule has 9 heteroatoms. The lowest BCUT2D eigenvalue weighted by molar-refractivity contribution is -0.128. The molecule has 1 N–H and O–H groups in total. The number of hydrogen-bond donors (Lipinski definition) is 1. The Morgan fingerprint density at radius 3 is 2.46 bits per heavy atom. The van der Waals surface area contributed by atoms with Crippen LogP contribution in [0.1, 0.15) is 51.7 Å². The smallest absolute Gasteiger partial charge is 0.251 e. The second-order valence-corrected chi connectivity index (χ2v) is 9.50. The number of ether oxygens (including phenoxy) is 1. The molecule has 1 atom stereocenters. The Hall–Kier alpha value is -4.14. The fourth-order valence-corrected chi connectivity index (χ4v) is 4.01. The highest BCUT2D eigenvalue weighted by Crippen LogP contribution is 2.32. The number of nitrogens with zero attached hydrogens (tertiary/aromatic N) is 4. The van der Waals surface area contributed by atoms with Crippen LogP contribution < -0.4 is 15.0 Å². The molecule has 0 saturated heterocycles. The summed E-state index contributed by atoms with van der Waals surface area (Å²) in [5.41, 5.74) is 1.46. The number of nitrogens with one attached hydrogen (secondary N) is 1. The second-order valence-electron chi connectivity index (χ2n) is 9.50. The third-order valence-electron chi connectivity index (χ3n) is 6.28. The number of aromatic nitrogens is 3. The topological polar surface area (TPSA) is 102 Å². The Morgan fingerprint density at radius 1 is 1.08 bits per heavy atom. The lowest BCUT2D eigenvalue weighted by atomic mass is 10.0. The molecule has 4 aromatic rings. The van der Waals surface area contributed by atoms with Crippen LogP contribution in [0.3, 0.4) is 0 Å². The van der Waals surface area contributed by atoms with Crippen LogP contribution in [0, 0.1) is 6.92 Å². The van der Waals surface area contributed by atoms with Crippen molar-refractivity contribution < 1.29 is 18.7 Å². The van der Waals surface area contributed by atoms with Gasteiger partial charge < -0.3 is 14.5 Å². The van der Waals surface area contributed by atoms with Gasteiger partial charge in [0.25, 0.3) is 5.91 Å². The summed E-state index contributed by atoms with van der Waals surface area (Å²) in [5, 5.41) is 11.4. The van der Waals surface area contributed by atoms with E-state index in [9.17, 15) is 9.59 Å². The van der Waals surface area contributed by atoms with Crippen molar-refractivity contribution in [1.29, 1.82) is 0 Å². The van der Waals surface area contributed by atoms with E-state index in [0.29, 0.717) is 41.5 Å². The zero-order valence-electron chi connectivity index (χ0n) is 21.9. The number of hydrogen-bond acceptors (Lipinski definition) is 6. The van der Waals surface area contributed by atoms with E-state index in [-0.39, 0.29) is 18.4 Å². The highest BCUT2D eigenvalue weighted by molar-refractivity contribution is 6.01. The number of aryl methyl sites for hydroxylation is 1. The van der Waals surface area contributed by atoms with Crippen LogP contribution in [0.25, 0.3) is 11.0 Å². The normalized spacial score (nSPS) is 12.4. The molecule has 2 aromatic heterocycles. The van der Waals surface area contributed by atoms with E-state index in [1.807, 2.05) is 52.0 Å². The zero-order valence-corrected chi connectivity index (χ0v) is 21.9. The Morgan fingerprint density at radius 2 is 1.81 bits per heavy atom. The fraction of sp³-hybridized carbons (Fsp3) is 0.357. The lowest BCUT2D eigenvalue weighted by Crippen LogP contribution is -2.51. The summed E-state index contributed by atoms with van der Waals surface area (Å²) in [5.74, 6) is 0.995. The number of rotatable bonds is 10. The number of para-hydroxylation sites is 1. The van der Waals surface area contributed by atoms with Gasteiger partial charge in [0.2, 0.25) is 5.91 Å². The number of benzene rings is 2. The first-order valence-electron chi connectivity index (χ1n) is 12.4. The van der Waals surface area contributed by atoms with Gasteiger partial charge in [-0.1, -0.05) is 24.3 Å². The van der Waals surface area contributed by atoms with Gasteiger partial charge >= 0.3 is 0 Å². The monoisotopic (exact) mass is 503 g/mol. The van der Waals surface area contributed by atoms with Gasteiger partial charge in [-0.15, -0.1) is 5.10 Å². The van der Waals surface area contributed by atoms with Crippen LogP contribution in [0.4, 0.5) is 5.69 Å². The van der Waals surface area contributed by atoms with Crippen LogP contribution in [0.5, 0.6) is 5.75 Å². The molecule has 0 aliphatic heterocycles. The van der Waals surface area contributed by atoms with Gasteiger partial charge in [0.1, 0.15) is 29.3 Å². The molecular formula is C28H33N5O4. The molecule has 9 nitrogen and oxygen atoms in total. The largest absolute Gasteiger partial charge is 0.494 e. The Labute approximate surface area is 216 Å². The summed E-state index contributed by atoms with van der Waals surface area (Å²) >= 11 is 0. The molecule has 2 heterocycles. The van der Waals surface area contributed by atoms with E-state index in [1.165, 1.54) is 9.58 Å². The van der Waals surface area contributed by atoms with Gasteiger partial charge in [0.05, 0.1) is 12.1 Å². The van der Waals surface area contributed by atoms with Crippen LogP contribution in [0.15, 0.2) is 65.1 Å². The summed E-state index contributed by atoms with van der Waals surface area (Å²) in [7, 11) is 0. The van der Waals surface area contributed by atoms with Crippen molar-refractivity contribution >= 4 is 28.5 Å². The first-order chi connectivity index (χ1) is 17.7. The number of carbonyl (C=O) groups excluding carboxylic acids is 2. The number of anilines is 1. The lowest BCUT2D eigenvalue weighted by Gasteiger charge is -2.33. The van der Waals surface area contributed by atoms with Crippen LogP contribution >= 0.6 is 0 Å². The Balaban J connectivity index is 1.79. The summed E-state index contributed by atoms with van der Waals surface area (Å²) in [6, 6.07) is 17.0. The van der Waals surface area contributed by atoms with Crippen molar-refractivity contribution in [2.24, 2.45) is 0 Å². The van der Waals surface area contributed by atoms with Gasteiger partial charge in [-0.05, 0) is 82.6 Å². The molecule has 194 valence electrons. The highest BCUT2D eigenvalue weighted by atomic mass is 16.5. The molecule has 0 fully saturated rings. The van der Waals surface area contributed by atoms with Gasteiger partial charge in [-0.2, -0.15) is 0 Å². The Bertz CT molecular complexity index is 1370.